The van der Waals surface area contributed by atoms with E-state index in [0.29, 0.717) is 11.5 Å². The van der Waals surface area contributed by atoms with E-state index >= 15 is 0 Å². The summed E-state index contributed by atoms with van der Waals surface area (Å²) in [4.78, 5) is 15.3. The lowest BCUT2D eigenvalue weighted by atomic mass is 9.86. The number of para-hydroxylation sites is 1. The van der Waals surface area contributed by atoms with E-state index in [-0.39, 0.29) is 6.10 Å². The van der Waals surface area contributed by atoms with Crippen molar-refractivity contribution in [3.8, 4) is 0 Å². The van der Waals surface area contributed by atoms with Crippen LogP contribution in [0.1, 0.15) is 24.4 Å². The van der Waals surface area contributed by atoms with E-state index in [0.717, 1.165) is 38.2 Å². The first-order chi connectivity index (χ1) is 12.7. The highest BCUT2D eigenvalue weighted by Crippen LogP contribution is 2.31. The van der Waals surface area contributed by atoms with Crippen molar-refractivity contribution in [3.63, 3.8) is 0 Å². The Kier molecular flexibility index (Phi) is 4.89. The van der Waals surface area contributed by atoms with Crippen LogP contribution >= 0.6 is 0 Å². The largest absolute Gasteiger partial charge is 0.459 e. The predicted octanol–water partition coefficient (Wildman–Crippen LogP) is 3.62. The summed E-state index contributed by atoms with van der Waals surface area (Å²) in [6.45, 7) is 2.95. The number of piperidine rings is 3. The molecule has 0 amide bonds. The Morgan fingerprint density at radius 2 is 1.77 bits per heavy atom. The maximum atomic E-state index is 14.4. The summed E-state index contributed by atoms with van der Waals surface area (Å²) in [6.07, 6.45) is 2.03. The van der Waals surface area contributed by atoms with Crippen LogP contribution in [0.5, 0.6) is 0 Å². The van der Waals surface area contributed by atoms with Gasteiger partial charge >= 0.3 is 5.97 Å². The van der Waals surface area contributed by atoms with Crippen molar-refractivity contribution in [2.24, 2.45) is 5.92 Å². The zero-order chi connectivity index (χ0) is 17.9. The van der Waals surface area contributed by atoms with E-state index in [9.17, 15) is 9.18 Å². The molecule has 3 aliphatic rings. The maximum Gasteiger partial charge on any atom is 0.333 e. The van der Waals surface area contributed by atoms with Crippen LogP contribution in [-0.2, 0) is 9.53 Å². The molecule has 3 aliphatic heterocycles. The van der Waals surface area contributed by atoms with Crippen LogP contribution in [0, 0.1) is 11.7 Å². The van der Waals surface area contributed by atoms with Crippen molar-refractivity contribution in [3.05, 3.63) is 66.0 Å². The number of hydrogen-bond acceptors (Lipinski definition) is 4. The van der Waals surface area contributed by atoms with Crippen LogP contribution in [0.25, 0.3) is 0 Å². The lowest BCUT2D eigenvalue weighted by Crippen LogP contribution is -2.52. The summed E-state index contributed by atoms with van der Waals surface area (Å²) < 4.78 is 20.2. The number of halogens is 1. The number of anilines is 1. The average molecular weight is 354 g/mol. The highest BCUT2D eigenvalue weighted by molar-refractivity contribution is 5.81. The SMILES string of the molecule is O=C(OC1CN2CCC1CC2)C(Nc1ccccc1)c1ccccc1F. The second-order valence-electron chi connectivity index (χ2n) is 7.08. The first-order valence-corrected chi connectivity index (χ1v) is 9.19. The van der Waals surface area contributed by atoms with Crippen molar-refractivity contribution >= 4 is 11.7 Å². The maximum absolute atomic E-state index is 14.4. The van der Waals surface area contributed by atoms with Crippen LogP contribution in [0.2, 0.25) is 0 Å². The number of carbonyl (C=O) groups excluding carboxylic acids is 1. The smallest absolute Gasteiger partial charge is 0.333 e. The van der Waals surface area contributed by atoms with Gasteiger partial charge in [-0.05, 0) is 50.0 Å². The zero-order valence-corrected chi connectivity index (χ0v) is 14.6. The molecule has 0 aromatic heterocycles. The number of benzene rings is 2. The fraction of sp³-hybridized carbons (Fsp3) is 0.381. The summed E-state index contributed by atoms with van der Waals surface area (Å²) in [5, 5.41) is 3.14. The third-order valence-electron chi connectivity index (χ3n) is 5.40. The van der Waals surface area contributed by atoms with Gasteiger partial charge in [-0.15, -0.1) is 0 Å². The number of esters is 1. The molecule has 136 valence electrons. The van der Waals surface area contributed by atoms with Gasteiger partial charge < -0.3 is 10.1 Å². The number of ether oxygens (including phenoxy) is 1. The van der Waals surface area contributed by atoms with E-state index in [1.165, 1.54) is 6.07 Å². The van der Waals surface area contributed by atoms with Gasteiger partial charge in [0.25, 0.3) is 0 Å². The number of carbonyl (C=O) groups is 1. The van der Waals surface area contributed by atoms with Gasteiger partial charge in [0.05, 0.1) is 0 Å². The quantitative estimate of drug-likeness (QED) is 0.833. The minimum Gasteiger partial charge on any atom is -0.459 e. The molecular formula is C21H23FN2O2. The van der Waals surface area contributed by atoms with Crippen molar-refractivity contribution in [1.29, 1.82) is 0 Å². The molecule has 2 atom stereocenters. The molecule has 1 N–H and O–H groups in total. The van der Waals surface area contributed by atoms with Crippen LogP contribution in [0.4, 0.5) is 10.1 Å². The molecule has 26 heavy (non-hydrogen) atoms. The Morgan fingerprint density at radius 1 is 1.08 bits per heavy atom. The van der Waals surface area contributed by atoms with Crippen LogP contribution in [-0.4, -0.2) is 36.6 Å². The second kappa shape index (κ2) is 7.46. The standard InChI is InChI=1S/C21H23FN2O2/c22-18-9-5-4-8-17(18)20(23-16-6-2-1-3-7-16)21(25)26-19-14-24-12-10-15(19)11-13-24/h1-9,15,19-20,23H,10-14H2. The first kappa shape index (κ1) is 17.0. The summed E-state index contributed by atoms with van der Waals surface area (Å²) in [6, 6.07) is 14.9. The van der Waals surface area contributed by atoms with Gasteiger partial charge in [0.2, 0.25) is 0 Å². The van der Waals surface area contributed by atoms with Gasteiger partial charge in [0.1, 0.15) is 11.9 Å². The number of hydrogen-bond donors (Lipinski definition) is 1. The van der Waals surface area contributed by atoms with Gasteiger partial charge in [-0.3, -0.25) is 4.90 Å². The van der Waals surface area contributed by atoms with Gasteiger partial charge in [0.15, 0.2) is 6.04 Å². The lowest BCUT2D eigenvalue weighted by molar-refractivity contribution is -0.160. The van der Waals surface area contributed by atoms with Crippen molar-refractivity contribution in [1.82, 2.24) is 4.90 Å². The molecule has 0 saturated carbocycles. The molecule has 2 bridgehead atoms. The number of nitrogens with zero attached hydrogens (tertiary/aromatic N) is 1. The topological polar surface area (TPSA) is 41.6 Å². The van der Waals surface area contributed by atoms with Gasteiger partial charge in [-0.1, -0.05) is 36.4 Å². The highest BCUT2D eigenvalue weighted by atomic mass is 19.1. The monoisotopic (exact) mass is 354 g/mol. The number of fused-ring (bicyclic) bond motifs is 3. The molecule has 4 nitrogen and oxygen atoms in total. The molecule has 2 unspecified atom stereocenters. The van der Waals surface area contributed by atoms with Gasteiger partial charge in [-0.2, -0.15) is 0 Å². The van der Waals surface area contributed by atoms with E-state index in [2.05, 4.69) is 10.2 Å². The molecule has 3 heterocycles. The summed E-state index contributed by atoms with van der Waals surface area (Å²) in [5.41, 5.74) is 1.06. The average Bonchev–Trinajstić information content (AvgIpc) is 2.68. The first-order valence-electron chi connectivity index (χ1n) is 9.19. The molecule has 2 aromatic rings. The Bertz CT molecular complexity index is 760. The second-order valence-corrected chi connectivity index (χ2v) is 7.08. The molecule has 0 spiro atoms. The molecule has 3 saturated heterocycles. The Hall–Kier alpha value is -2.40. The minimum absolute atomic E-state index is 0.100. The fourth-order valence-electron chi connectivity index (χ4n) is 3.94. The Labute approximate surface area is 153 Å². The number of nitrogens with one attached hydrogen (secondary N) is 1. The highest BCUT2D eigenvalue weighted by Gasteiger charge is 2.38. The molecule has 0 aliphatic carbocycles. The van der Waals surface area contributed by atoms with Crippen molar-refractivity contribution in [2.75, 3.05) is 25.0 Å². The lowest BCUT2D eigenvalue weighted by Gasteiger charge is -2.44. The third kappa shape index (κ3) is 3.58. The van der Waals surface area contributed by atoms with E-state index < -0.39 is 17.8 Å². The summed E-state index contributed by atoms with van der Waals surface area (Å²) >= 11 is 0. The molecule has 3 fully saturated rings. The minimum atomic E-state index is -0.867. The van der Waals surface area contributed by atoms with Crippen LogP contribution in [0.15, 0.2) is 54.6 Å². The zero-order valence-electron chi connectivity index (χ0n) is 14.6. The number of rotatable bonds is 5. The van der Waals surface area contributed by atoms with Gasteiger partial charge in [-0.25, -0.2) is 9.18 Å². The Morgan fingerprint density at radius 3 is 2.42 bits per heavy atom. The normalized spacial score (nSPS) is 25.5. The third-order valence-corrected chi connectivity index (χ3v) is 5.40. The summed E-state index contributed by atoms with van der Waals surface area (Å²) in [7, 11) is 0. The van der Waals surface area contributed by atoms with Crippen LogP contribution < -0.4 is 5.32 Å². The van der Waals surface area contributed by atoms with Crippen molar-refractivity contribution < 1.29 is 13.9 Å². The molecule has 2 aromatic carbocycles. The van der Waals surface area contributed by atoms with E-state index in [4.69, 9.17) is 4.74 Å². The molecule has 0 radical (unpaired) electrons. The van der Waals surface area contributed by atoms with Crippen LogP contribution in [0.3, 0.4) is 0 Å². The van der Waals surface area contributed by atoms with Crippen molar-refractivity contribution in [2.45, 2.75) is 25.0 Å². The van der Waals surface area contributed by atoms with E-state index in [1.807, 2.05) is 30.3 Å². The predicted molar refractivity (Wildman–Crippen MR) is 98.2 cm³/mol. The molecule has 5 rings (SSSR count). The summed E-state index contributed by atoms with van der Waals surface area (Å²) in [5.74, 6) is -0.411. The molecule has 5 heteroatoms. The fourth-order valence-corrected chi connectivity index (χ4v) is 3.94. The van der Waals surface area contributed by atoms with E-state index in [1.54, 1.807) is 18.2 Å². The molecular weight excluding hydrogens is 331 g/mol. The Balaban J connectivity index is 1.56. The van der Waals surface area contributed by atoms with Gasteiger partial charge in [0, 0.05) is 17.8 Å².